The molecule has 1 N–H and O–H groups in total. The highest BCUT2D eigenvalue weighted by Gasteiger charge is 2.47. The maximum Gasteiger partial charge on any atom is 0.227 e. The maximum atomic E-state index is 12.9. The molecule has 0 bridgehead atoms. The number of benzene rings is 1. The number of nitrogens with zero attached hydrogens (tertiary/aromatic N) is 4. The summed E-state index contributed by atoms with van der Waals surface area (Å²) in [6.45, 7) is 3.36. The third-order valence-electron chi connectivity index (χ3n) is 5.83. The zero-order valence-corrected chi connectivity index (χ0v) is 15.3. The molecule has 138 valence electrons. The molecule has 27 heavy (non-hydrogen) atoms. The lowest BCUT2D eigenvalue weighted by atomic mass is 10.1. The monoisotopic (exact) mass is 361 g/mol. The first-order chi connectivity index (χ1) is 13.2. The van der Waals surface area contributed by atoms with Crippen molar-refractivity contribution in [2.75, 3.05) is 31.1 Å². The Bertz CT molecular complexity index is 963. The van der Waals surface area contributed by atoms with Crippen molar-refractivity contribution in [3.05, 3.63) is 54.5 Å². The molecular weight excluding hydrogens is 338 g/mol. The van der Waals surface area contributed by atoms with E-state index in [1.807, 2.05) is 42.6 Å². The summed E-state index contributed by atoms with van der Waals surface area (Å²) in [5, 5.41) is 1.05. The van der Waals surface area contributed by atoms with Crippen LogP contribution in [-0.4, -0.2) is 51.9 Å². The minimum atomic E-state index is 0.219. The average Bonchev–Trinajstić information content (AvgIpc) is 3.33. The predicted molar refractivity (Wildman–Crippen MR) is 104 cm³/mol. The van der Waals surface area contributed by atoms with Crippen molar-refractivity contribution in [1.29, 1.82) is 0 Å². The van der Waals surface area contributed by atoms with Crippen LogP contribution in [0, 0.1) is 5.41 Å². The minimum Gasteiger partial charge on any atom is -0.354 e. The van der Waals surface area contributed by atoms with Crippen LogP contribution < -0.4 is 4.90 Å². The normalized spacial score (nSPS) is 18.7. The van der Waals surface area contributed by atoms with Gasteiger partial charge >= 0.3 is 0 Å². The highest BCUT2D eigenvalue weighted by Crippen LogP contribution is 2.48. The molecule has 0 unspecified atom stereocenters. The van der Waals surface area contributed by atoms with E-state index in [9.17, 15) is 4.79 Å². The molecule has 1 saturated heterocycles. The van der Waals surface area contributed by atoms with Gasteiger partial charge in [0.25, 0.3) is 0 Å². The van der Waals surface area contributed by atoms with Gasteiger partial charge in [0.1, 0.15) is 17.8 Å². The molecule has 1 saturated carbocycles. The molecule has 5 rings (SSSR count). The van der Waals surface area contributed by atoms with Gasteiger partial charge in [-0.1, -0.05) is 30.3 Å². The molecule has 2 fully saturated rings. The van der Waals surface area contributed by atoms with Crippen molar-refractivity contribution in [3.8, 4) is 0 Å². The van der Waals surface area contributed by atoms with Crippen LogP contribution in [-0.2, 0) is 11.2 Å². The molecule has 1 spiro atoms. The Balaban J connectivity index is 1.37. The maximum absolute atomic E-state index is 12.9. The van der Waals surface area contributed by atoms with Gasteiger partial charge in [-0.15, -0.1) is 0 Å². The smallest absolute Gasteiger partial charge is 0.227 e. The van der Waals surface area contributed by atoms with E-state index in [1.54, 1.807) is 6.33 Å². The quantitative estimate of drug-likeness (QED) is 0.779. The Morgan fingerprint density at radius 3 is 2.74 bits per heavy atom. The summed E-state index contributed by atoms with van der Waals surface area (Å²) in [5.41, 5.74) is 2.17. The topological polar surface area (TPSA) is 65.1 Å². The summed E-state index contributed by atoms with van der Waals surface area (Å²) in [6, 6.07) is 12.1. The van der Waals surface area contributed by atoms with E-state index in [4.69, 9.17) is 0 Å². The second kappa shape index (κ2) is 6.37. The molecule has 1 amide bonds. The van der Waals surface area contributed by atoms with E-state index in [1.165, 1.54) is 12.8 Å². The number of carbonyl (C=O) groups is 1. The molecule has 3 heterocycles. The Kier molecular flexibility index (Phi) is 3.85. The second-order valence-corrected chi connectivity index (χ2v) is 7.84. The van der Waals surface area contributed by atoms with Crippen LogP contribution in [0.5, 0.6) is 0 Å². The number of fused-ring (bicyclic) bond motifs is 1. The van der Waals surface area contributed by atoms with Crippen LogP contribution in [0.15, 0.2) is 48.9 Å². The number of aromatic amines is 1. The molecule has 6 nitrogen and oxygen atoms in total. The number of amides is 1. The fourth-order valence-electron chi connectivity index (χ4n) is 4.14. The highest BCUT2D eigenvalue weighted by molar-refractivity contribution is 5.87. The minimum absolute atomic E-state index is 0.219. The summed E-state index contributed by atoms with van der Waals surface area (Å²) in [7, 11) is 0. The van der Waals surface area contributed by atoms with Crippen molar-refractivity contribution in [3.63, 3.8) is 0 Å². The number of aromatic nitrogens is 3. The zero-order valence-electron chi connectivity index (χ0n) is 15.3. The van der Waals surface area contributed by atoms with Gasteiger partial charge in [0.15, 0.2) is 0 Å². The van der Waals surface area contributed by atoms with Crippen LogP contribution >= 0.6 is 0 Å². The summed E-state index contributed by atoms with van der Waals surface area (Å²) in [4.78, 5) is 29.4. The summed E-state index contributed by atoms with van der Waals surface area (Å²) in [5.74, 6) is 1.20. The first kappa shape index (κ1) is 16.3. The van der Waals surface area contributed by atoms with Gasteiger partial charge in [-0.2, -0.15) is 0 Å². The number of H-pyrrole nitrogens is 1. The fourth-order valence-corrected chi connectivity index (χ4v) is 4.14. The first-order valence-electron chi connectivity index (χ1n) is 9.57. The van der Waals surface area contributed by atoms with E-state index < -0.39 is 0 Å². The Hall–Kier alpha value is -2.89. The van der Waals surface area contributed by atoms with Crippen molar-refractivity contribution in [2.45, 2.75) is 19.3 Å². The number of hydrogen-bond acceptors (Lipinski definition) is 4. The molecule has 6 heteroatoms. The molecular formula is C21H23N5O. The predicted octanol–water partition coefficient (Wildman–Crippen LogP) is 2.63. The molecule has 1 aromatic carbocycles. The number of nitrogens with one attached hydrogen (secondary N) is 1. The van der Waals surface area contributed by atoms with Gasteiger partial charge in [-0.25, -0.2) is 9.97 Å². The number of anilines is 1. The highest BCUT2D eigenvalue weighted by atomic mass is 16.2. The van der Waals surface area contributed by atoms with Gasteiger partial charge in [-0.05, 0) is 24.5 Å². The Morgan fingerprint density at radius 1 is 1.07 bits per heavy atom. The SMILES string of the molecule is O=C(Cc1ccccc1)N1CCN(c2ncnc3[nH]ccc23)CC2(CC2)C1. The van der Waals surface area contributed by atoms with E-state index in [0.717, 1.165) is 48.6 Å². The van der Waals surface area contributed by atoms with E-state index in [0.29, 0.717) is 6.42 Å². The van der Waals surface area contributed by atoms with Crippen LogP contribution in [0.1, 0.15) is 18.4 Å². The molecule has 3 aromatic rings. The lowest BCUT2D eigenvalue weighted by molar-refractivity contribution is -0.130. The van der Waals surface area contributed by atoms with E-state index >= 15 is 0 Å². The number of carbonyl (C=O) groups excluding carboxylic acids is 1. The van der Waals surface area contributed by atoms with Crippen LogP contribution in [0.2, 0.25) is 0 Å². The van der Waals surface area contributed by atoms with E-state index in [-0.39, 0.29) is 11.3 Å². The summed E-state index contributed by atoms with van der Waals surface area (Å²) >= 11 is 0. The summed E-state index contributed by atoms with van der Waals surface area (Å²) in [6.07, 6.45) is 6.37. The van der Waals surface area contributed by atoms with Crippen LogP contribution in [0.25, 0.3) is 11.0 Å². The Labute approximate surface area is 158 Å². The zero-order chi connectivity index (χ0) is 18.3. The fraction of sp³-hybridized carbons (Fsp3) is 0.381. The lowest BCUT2D eigenvalue weighted by Crippen LogP contribution is -2.37. The molecule has 1 aliphatic carbocycles. The largest absolute Gasteiger partial charge is 0.354 e. The average molecular weight is 361 g/mol. The third-order valence-corrected chi connectivity index (χ3v) is 5.83. The van der Waals surface area contributed by atoms with Crippen molar-refractivity contribution >= 4 is 22.8 Å². The second-order valence-electron chi connectivity index (χ2n) is 7.84. The molecule has 1 aliphatic heterocycles. The van der Waals surface area contributed by atoms with Crippen LogP contribution in [0.4, 0.5) is 5.82 Å². The van der Waals surface area contributed by atoms with Crippen molar-refractivity contribution < 1.29 is 4.79 Å². The van der Waals surface area contributed by atoms with Gasteiger partial charge in [0.2, 0.25) is 5.91 Å². The summed E-state index contributed by atoms with van der Waals surface area (Å²) < 4.78 is 0. The van der Waals surface area contributed by atoms with Crippen LogP contribution in [0.3, 0.4) is 0 Å². The van der Waals surface area contributed by atoms with Gasteiger partial charge < -0.3 is 14.8 Å². The van der Waals surface area contributed by atoms with Crippen molar-refractivity contribution in [1.82, 2.24) is 19.9 Å². The lowest BCUT2D eigenvalue weighted by Gasteiger charge is -2.25. The molecule has 0 radical (unpaired) electrons. The number of hydrogen-bond donors (Lipinski definition) is 1. The Morgan fingerprint density at radius 2 is 1.93 bits per heavy atom. The standard InChI is InChI=1S/C21H23N5O/c27-18(12-16-4-2-1-3-5-16)25-10-11-26(14-21(13-25)7-8-21)20-17-6-9-22-19(17)23-15-24-20/h1-6,9,15H,7-8,10-14H2,(H,22,23,24). The molecule has 0 atom stereocenters. The first-order valence-corrected chi connectivity index (χ1v) is 9.57. The van der Waals surface area contributed by atoms with Crippen molar-refractivity contribution in [2.24, 2.45) is 5.41 Å². The van der Waals surface area contributed by atoms with Gasteiger partial charge in [-0.3, -0.25) is 4.79 Å². The van der Waals surface area contributed by atoms with Gasteiger partial charge in [0.05, 0.1) is 11.8 Å². The van der Waals surface area contributed by atoms with Gasteiger partial charge in [0, 0.05) is 37.8 Å². The molecule has 2 aromatic heterocycles. The van der Waals surface area contributed by atoms with E-state index in [2.05, 4.69) is 24.8 Å². The third kappa shape index (κ3) is 3.16. The molecule has 2 aliphatic rings. The number of rotatable bonds is 3.